The second kappa shape index (κ2) is 5.30. The zero-order valence-electron chi connectivity index (χ0n) is 10.1. The summed E-state index contributed by atoms with van der Waals surface area (Å²) in [5.41, 5.74) is 1.00. The molecule has 16 heavy (non-hydrogen) atoms. The predicted octanol–water partition coefficient (Wildman–Crippen LogP) is 2.53. The first kappa shape index (κ1) is 13.0. The topological polar surface area (TPSA) is 62.2 Å². The molecule has 2 N–H and O–H groups in total. The van der Waals surface area contributed by atoms with Crippen molar-refractivity contribution in [3.05, 3.63) is 10.6 Å². The minimum Gasteiger partial charge on any atom is -0.481 e. The first-order valence-corrected chi connectivity index (χ1v) is 6.14. The smallest absolute Gasteiger partial charge is 0.308 e. The number of carbonyl (C=O) groups is 1. The average Bonchev–Trinajstić information content (AvgIpc) is 2.45. The fraction of sp³-hybridized carbons (Fsp3) is 0.636. The van der Waals surface area contributed by atoms with Crippen molar-refractivity contribution in [2.24, 2.45) is 11.8 Å². The molecule has 0 fully saturated rings. The Morgan fingerprint density at radius 2 is 2.12 bits per heavy atom. The lowest BCUT2D eigenvalue weighted by molar-refractivity contribution is -0.142. The highest BCUT2D eigenvalue weighted by Crippen LogP contribution is 2.22. The Morgan fingerprint density at radius 1 is 1.50 bits per heavy atom. The van der Waals surface area contributed by atoms with Crippen molar-refractivity contribution in [2.75, 3.05) is 11.9 Å². The number of nitrogens with zero attached hydrogens (tertiary/aromatic N) is 1. The number of thiazole rings is 1. The summed E-state index contributed by atoms with van der Waals surface area (Å²) in [6, 6.07) is 0. The van der Waals surface area contributed by atoms with Crippen molar-refractivity contribution < 1.29 is 9.90 Å². The molecule has 0 spiro atoms. The number of anilines is 1. The molecule has 0 aliphatic rings. The fourth-order valence-corrected chi connectivity index (χ4v) is 2.18. The Hall–Kier alpha value is -1.10. The number of aromatic nitrogens is 1. The lowest BCUT2D eigenvalue weighted by atomic mass is 9.96. The van der Waals surface area contributed by atoms with Gasteiger partial charge in [-0.3, -0.25) is 4.79 Å². The SMILES string of the molecule is Cc1nc(NCC(C(=O)O)C(C)C)sc1C. The van der Waals surface area contributed by atoms with Crippen molar-refractivity contribution in [1.82, 2.24) is 4.98 Å². The summed E-state index contributed by atoms with van der Waals surface area (Å²) in [6.45, 7) is 8.22. The molecule has 0 radical (unpaired) electrons. The first-order chi connectivity index (χ1) is 7.41. The summed E-state index contributed by atoms with van der Waals surface area (Å²) in [6.07, 6.45) is 0. The van der Waals surface area contributed by atoms with Crippen LogP contribution < -0.4 is 5.32 Å². The number of aliphatic carboxylic acids is 1. The van der Waals surface area contributed by atoms with Crippen LogP contribution in [0.2, 0.25) is 0 Å². The third-order valence-electron chi connectivity index (χ3n) is 2.62. The second-order valence-corrected chi connectivity index (χ2v) is 5.43. The Balaban J connectivity index is 2.59. The van der Waals surface area contributed by atoms with Gasteiger partial charge < -0.3 is 10.4 Å². The molecule has 4 nitrogen and oxygen atoms in total. The molecule has 0 bridgehead atoms. The highest BCUT2D eigenvalue weighted by molar-refractivity contribution is 7.15. The second-order valence-electron chi connectivity index (χ2n) is 4.23. The lowest BCUT2D eigenvalue weighted by Gasteiger charge is -2.16. The number of carboxylic acid groups (broad SMARTS) is 1. The van der Waals surface area contributed by atoms with Gasteiger partial charge in [0.1, 0.15) is 0 Å². The molecule has 0 aliphatic carbocycles. The maximum Gasteiger partial charge on any atom is 0.308 e. The number of nitrogens with one attached hydrogen (secondary N) is 1. The normalized spacial score (nSPS) is 12.8. The quantitative estimate of drug-likeness (QED) is 0.833. The molecule has 1 unspecified atom stereocenters. The van der Waals surface area contributed by atoms with Gasteiger partial charge in [0.05, 0.1) is 11.6 Å². The molecule has 0 saturated carbocycles. The molecule has 1 heterocycles. The molecule has 0 saturated heterocycles. The molecule has 1 rings (SSSR count). The molecule has 0 aliphatic heterocycles. The summed E-state index contributed by atoms with van der Waals surface area (Å²) in [5, 5.41) is 12.9. The third-order valence-corrected chi connectivity index (χ3v) is 3.65. The van der Waals surface area contributed by atoms with E-state index >= 15 is 0 Å². The molecular weight excluding hydrogens is 224 g/mol. The average molecular weight is 242 g/mol. The summed E-state index contributed by atoms with van der Waals surface area (Å²) in [4.78, 5) is 16.5. The standard InChI is InChI=1S/C11H18N2O2S/c1-6(2)9(10(14)15)5-12-11-13-7(3)8(4)16-11/h6,9H,5H2,1-4H3,(H,12,13)(H,14,15). The minimum absolute atomic E-state index is 0.118. The predicted molar refractivity (Wildman–Crippen MR) is 66.0 cm³/mol. The fourth-order valence-electron chi connectivity index (χ4n) is 1.35. The molecular formula is C11H18N2O2S. The number of aryl methyl sites for hydroxylation is 2. The van der Waals surface area contributed by atoms with Crippen LogP contribution in [0.5, 0.6) is 0 Å². The van der Waals surface area contributed by atoms with Crippen LogP contribution in [0.25, 0.3) is 0 Å². The van der Waals surface area contributed by atoms with E-state index in [1.54, 1.807) is 11.3 Å². The minimum atomic E-state index is -0.757. The number of hydrogen-bond donors (Lipinski definition) is 2. The van der Waals surface area contributed by atoms with E-state index in [2.05, 4.69) is 10.3 Å². The summed E-state index contributed by atoms with van der Waals surface area (Å²) < 4.78 is 0. The molecule has 0 aromatic carbocycles. The van der Waals surface area contributed by atoms with Gasteiger partial charge in [-0.25, -0.2) is 4.98 Å². The zero-order chi connectivity index (χ0) is 12.3. The van der Waals surface area contributed by atoms with Crippen molar-refractivity contribution in [3.63, 3.8) is 0 Å². The molecule has 90 valence electrons. The number of hydrogen-bond acceptors (Lipinski definition) is 4. The monoisotopic (exact) mass is 242 g/mol. The van der Waals surface area contributed by atoms with E-state index in [1.807, 2.05) is 27.7 Å². The van der Waals surface area contributed by atoms with Gasteiger partial charge in [0, 0.05) is 11.4 Å². The zero-order valence-corrected chi connectivity index (χ0v) is 10.9. The van der Waals surface area contributed by atoms with E-state index in [-0.39, 0.29) is 11.8 Å². The van der Waals surface area contributed by atoms with Crippen LogP contribution in [0.15, 0.2) is 0 Å². The van der Waals surface area contributed by atoms with Gasteiger partial charge in [0.2, 0.25) is 0 Å². The highest BCUT2D eigenvalue weighted by atomic mass is 32.1. The maximum atomic E-state index is 11.0. The first-order valence-electron chi connectivity index (χ1n) is 5.32. The Bertz CT molecular complexity index is 355. The van der Waals surface area contributed by atoms with Crippen LogP contribution in [-0.4, -0.2) is 22.6 Å². The van der Waals surface area contributed by atoms with Crippen LogP contribution in [-0.2, 0) is 4.79 Å². The van der Waals surface area contributed by atoms with Gasteiger partial charge in [-0.05, 0) is 19.8 Å². The van der Waals surface area contributed by atoms with Crippen LogP contribution in [0.3, 0.4) is 0 Å². The van der Waals surface area contributed by atoms with Crippen molar-refractivity contribution in [2.45, 2.75) is 27.7 Å². The van der Waals surface area contributed by atoms with Gasteiger partial charge >= 0.3 is 5.97 Å². The van der Waals surface area contributed by atoms with Gasteiger partial charge in [0.15, 0.2) is 5.13 Å². The largest absolute Gasteiger partial charge is 0.481 e. The van der Waals surface area contributed by atoms with E-state index in [0.717, 1.165) is 10.8 Å². The highest BCUT2D eigenvalue weighted by Gasteiger charge is 2.21. The van der Waals surface area contributed by atoms with E-state index in [4.69, 9.17) is 5.11 Å². The van der Waals surface area contributed by atoms with Crippen LogP contribution >= 0.6 is 11.3 Å². The van der Waals surface area contributed by atoms with E-state index in [0.29, 0.717) is 6.54 Å². The van der Waals surface area contributed by atoms with Gasteiger partial charge in [-0.2, -0.15) is 0 Å². The molecule has 1 aromatic rings. The Kier molecular flexibility index (Phi) is 4.29. The van der Waals surface area contributed by atoms with Crippen LogP contribution in [0.4, 0.5) is 5.13 Å². The number of rotatable bonds is 5. The van der Waals surface area contributed by atoms with Crippen LogP contribution in [0.1, 0.15) is 24.4 Å². The maximum absolute atomic E-state index is 11.0. The van der Waals surface area contributed by atoms with E-state index in [1.165, 1.54) is 4.88 Å². The molecule has 5 heteroatoms. The van der Waals surface area contributed by atoms with E-state index < -0.39 is 5.97 Å². The Labute approximate surface area is 99.7 Å². The van der Waals surface area contributed by atoms with Gasteiger partial charge in [0.25, 0.3) is 0 Å². The van der Waals surface area contributed by atoms with Crippen molar-refractivity contribution >= 4 is 22.4 Å². The van der Waals surface area contributed by atoms with Crippen molar-refractivity contribution in [3.8, 4) is 0 Å². The summed E-state index contributed by atoms with van der Waals surface area (Å²) in [5.74, 6) is -1.01. The summed E-state index contributed by atoms with van der Waals surface area (Å²) in [7, 11) is 0. The van der Waals surface area contributed by atoms with Gasteiger partial charge in [-0.15, -0.1) is 11.3 Å². The molecule has 0 amide bonds. The molecule has 1 atom stereocenters. The van der Waals surface area contributed by atoms with Crippen molar-refractivity contribution in [1.29, 1.82) is 0 Å². The Morgan fingerprint density at radius 3 is 2.50 bits per heavy atom. The number of carboxylic acids is 1. The lowest BCUT2D eigenvalue weighted by Crippen LogP contribution is -2.27. The summed E-state index contributed by atoms with van der Waals surface area (Å²) >= 11 is 1.56. The van der Waals surface area contributed by atoms with Crippen LogP contribution in [0, 0.1) is 25.7 Å². The van der Waals surface area contributed by atoms with E-state index in [9.17, 15) is 4.79 Å². The third kappa shape index (κ3) is 3.20. The molecule has 1 aromatic heterocycles. The van der Waals surface area contributed by atoms with Gasteiger partial charge in [-0.1, -0.05) is 13.8 Å².